The minimum atomic E-state index is -4.12. The molecular formula is C21H33F3N2. The van der Waals surface area contributed by atoms with Crippen molar-refractivity contribution in [2.24, 2.45) is 5.92 Å². The van der Waals surface area contributed by atoms with Crippen LogP contribution >= 0.6 is 0 Å². The number of aryl methyl sites for hydroxylation is 1. The Bertz CT molecular complexity index is 510. The van der Waals surface area contributed by atoms with Crippen molar-refractivity contribution in [3.63, 3.8) is 0 Å². The number of alkyl halides is 3. The van der Waals surface area contributed by atoms with Gasteiger partial charge in [-0.25, -0.2) is 0 Å². The van der Waals surface area contributed by atoms with E-state index in [-0.39, 0.29) is 6.42 Å². The van der Waals surface area contributed by atoms with Gasteiger partial charge in [0.1, 0.15) is 0 Å². The summed E-state index contributed by atoms with van der Waals surface area (Å²) in [5, 5.41) is 0. The lowest BCUT2D eigenvalue weighted by Gasteiger charge is -2.26. The summed E-state index contributed by atoms with van der Waals surface area (Å²) >= 11 is 0. The van der Waals surface area contributed by atoms with Crippen LogP contribution in [0, 0.1) is 5.92 Å². The van der Waals surface area contributed by atoms with Crippen LogP contribution in [0.1, 0.15) is 69.7 Å². The second-order valence-corrected chi connectivity index (χ2v) is 7.62. The van der Waals surface area contributed by atoms with E-state index in [1.807, 2.05) is 12.1 Å². The summed E-state index contributed by atoms with van der Waals surface area (Å²) in [7, 11) is 0. The summed E-state index contributed by atoms with van der Waals surface area (Å²) in [6, 6.07) is 5.46. The first-order valence-corrected chi connectivity index (χ1v) is 10.2. The lowest BCUT2D eigenvalue weighted by molar-refractivity contribution is -0.134. The molecular weight excluding hydrogens is 337 g/mol. The molecule has 0 bridgehead atoms. The van der Waals surface area contributed by atoms with Gasteiger partial charge in [-0.1, -0.05) is 45.1 Å². The standard InChI is InChI=1S/C21H33F3N2/c1-2-15-26(16-12-18-7-4-3-5-8-18)17-13-20-10-6-9-19(25-20)11-14-21(22,23)24/h6,9-10,18H,2-5,7-8,11-17H2,1H3. The highest BCUT2D eigenvalue weighted by atomic mass is 19.4. The van der Waals surface area contributed by atoms with Crippen LogP contribution in [0.2, 0.25) is 0 Å². The van der Waals surface area contributed by atoms with E-state index in [1.54, 1.807) is 6.07 Å². The number of hydrogen-bond acceptors (Lipinski definition) is 2. The van der Waals surface area contributed by atoms with Crippen molar-refractivity contribution in [3.05, 3.63) is 29.6 Å². The topological polar surface area (TPSA) is 16.1 Å². The summed E-state index contributed by atoms with van der Waals surface area (Å²) in [4.78, 5) is 6.93. The van der Waals surface area contributed by atoms with E-state index in [0.717, 1.165) is 44.1 Å². The van der Waals surface area contributed by atoms with Crippen LogP contribution in [0.3, 0.4) is 0 Å². The van der Waals surface area contributed by atoms with Crippen molar-refractivity contribution in [1.82, 2.24) is 9.88 Å². The summed E-state index contributed by atoms with van der Waals surface area (Å²) in [5.74, 6) is 0.881. The first-order valence-electron chi connectivity index (χ1n) is 10.2. The lowest BCUT2D eigenvalue weighted by Crippen LogP contribution is -2.30. The maximum Gasteiger partial charge on any atom is 0.389 e. The first kappa shape index (κ1) is 21.2. The van der Waals surface area contributed by atoms with Gasteiger partial charge in [0.2, 0.25) is 0 Å². The molecule has 0 saturated heterocycles. The first-order chi connectivity index (χ1) is 12.5. The zero-order valence-electron chi connectivity index (χ0n) is 16.0. The second-order valence-electron chi connectivity index (χ2n) is 7.62. The molecule has 1 aliphatic carbocycles. The van der Waals surface area contributed by atoms with Crippen LogP contribution < -0.4 is 0 Å². The molecule has 148 valence electrons. The summed E-state index contributed by atoms with van der Waals surface area (Å²) in [6.07, 6.45) is 5.18. The van der Waals surface area contributed by atoms with Crippen molar-refractivity contribution < 1.29 is 13.2 Å². The Morgan fingerprint density at radius 3 is 2.35 bits per heavy atom. The maximum atomic E-state index is 12.4. The molecule has 0 radical (unpaired) electrons. The van der Waals surface area contributed by atoms with Crippen LogP contribution in [0.5, 0.6) is 0 Å². The Morgan fingerprint density at radius 1 is 1.00 bits per heavy atom. The highest BCUT2D eigenvalue weighted by Gasteiger charge is 2.26. The quantitative estimate of drug-likeness (QED) is 0.517. The average molecular weight is 371 g/mol. The van der Waals surface area contributed by atoms with Gasteiger partial charge in [0.05, 0.1) is 0 Å². The van der Waals surface area contributed by atoms with E-state index >= 15 is 0 Å². The van der Waals surface area contributed by atoms with Gasteiger partial charge in [-0.2, -0.15) is 13.2 Å². The zero-order valence-corrected chi connectivity index (χ0v) is 16.0. The largest absolute Gasteiger partial charge is 0.389 e. The Hall–Kier alpha value is -1.10. The molecule has 5 heteroatoms. The molecule has 0 N–H and O–H groups in total. The highest BCUT2D eigenvalue weighted by molar-refractivity contribution is 5.12. The molecule has 2 rings (SSSR count). The van der Waals surface area contributed by atoms with Gasteiger partial charge in [0.15, 0.2) is 0 Å². The molecule has 1 aromatic heterocycles. The predicted molar refractivity (Wildman–Crippen MR) is 100 cm³/mol. The second kappa shape index (κ2) is 10.9. The van der Waals surface area contributed by atoms with Gasteiger partial charge >= 0.3 is 6.18 Å². The fourth-order valence-corrected chi connectivity index (χ4v) is 3.84. The van der Waals surface area contributed by atoms with E-state index in [4.69, 9.17) is 0 Å². The van der Waals surface area contributed by atoms with E-state index in [0.29, 0.717) is 5.69 Å². The van der Waals surface area contributed by atoms with Crippen molar-refractivity contribution in [2.75, 3.05) is 19.6 Å². The van der Waals surface area contributed by atoms with Crippen molar-refractivity contribution >= 4 is 0 Å². The summed E-state index contributed by atoms with van der Waals surface area (Å²) in [5.41, 5.74) is 1.45. The van der Waals surface area contributed by atoms with Crippen LogP contribution in [-0.4, -0.2) is 35.7 Å². The molecule has 1 aliphatic rings. The molecule has 2 nitrogen and oxygen atoms in total. The van der Waals surface area contributed by atoms with Gasteiger partial charge in [-0.15, -0.1) is 0 Å². The van der Waals surface area contributed by atoms with Crippen molar-refractivity contribution in [2.45, 2.75) is 77.3 Å². The number of halogens is 3. The number of nitrogens with zero attached hydrogens (tertiary/aromatic N) is 2. The van der Waals surface area contributed by atoms with Gasteiger partial charge < -0.3 is 4.90 Å². The monoisotopic (exact) mass is 370 g/mol. The minimum absolute atomic E-state index is 0.0301. The Morgan fingerprint density at radius 2 is 1.69 bits per heavy atom. The third kappa shape index (κ3) is 8.52. The van der Waals surface area contributed by atoms with Crippen molar-refractivity contribution in [3.8, 4) is 0 Å². The molecule has 1 saturated carbocycles. The number of aromatic nitrogens is 1. The summed E-state index contributed by atoms with van der Waals surface area (Å²) in [6.45, 7) is 5.35. The molecule has 0 amide bonds. The minimum Gasteiger partial charge on any atom is -0.303 e. The molecule has 0 unspecified atom stereocenters. The van der Waals surface area contributed by atoms with Crippen LogP contribution in [0.15, 0.2) is 18.2 Å². The molecule has 1 heterocycles. The molecule has 0 aliphatic heterocycles. The lowest BCUT2D eigenvalue weighted by atomic mass is 9.87. The Balaban J connectivity index is 1.79. The number of hydrogen-bond donors (Lipinski definition) is 0. The summed E-state index contributed by atoms with van der Waals surface area (Å²) < 4.78 is 37.2. The van der Waals surface area contributed by atoms with E-state index in [2.05, 4.69) is 16.8 Å². The highest BCUT2D eigenvalue weighted by Crippen LogP contribution is 2.26. The number of rotatable bonds is 10. The predicted octanol–water partition coefficient (Wildman–Crippen LogP) is 5.80. The SMILES string of the molecule is CCCN(CCc1cccc(CCC(F)(F)F)n1)CCC1CCCCC1. The van der Waals surface area contributed by atoms with E-state index in [9.17, 15) is 13.2 Å². The van der Waals surface area contributed by atoms with Gasteiger partial charge in [-0.05, 0) is 50.4 Å². The van der Waals surface area contributed by atoms with Crippen LogP contribution in [-0.2, 0) is 12.8 Å². The maximum absolute atomic E-state index is 12.4. The smallest absolute Gasteiger partial charge is 0.303 e. The van der Waals surface area contributed by atoms with Gasteiger partial charge in [-0.3, -0.25) is 4.98 Å². The number of pyridine rings is 1. The van der Waals surface area contributed by atoms with Crippen LogP contribution in [0.25, 0.3) is 0 Å². The van der Waals surface area contributed by atoms with E-state index < -0.39 is 12.6 Å². The third-order valence-electron chi connectivity index (χ3n) is 5.33. The normalized spacial score (nSPS) is 16.3. The molecule has 0 atom stereocenters. The molecule has 0 spiro atoms. The third-order valence-corrected chi connectivity index (χ3v) is 5.33. The Kier molecular flexibility index (Phi) is 8.89. The molecule has 26 heavy (non-hydrogen) atoms. The van der Waals surface area contributed by atoms with E-state index in [1.165, 1.54) is 38.5 Å². The fraction of sp³-hybridized carbons (Fsp3) is 0.762. The average Bonchev–Trinajstić information content (AvgIpc) is 2.63. The molecule has 1 aromatic rings. The zero-order chi connectivity index (χ0) is 18.8. The fourth-order valence-electron chi connectivity index (χ4n) is 3.84. The molecule has 1 fully saturated rings. The van der Waals surface area contributed by atoms with Gasteiger partial charge in [0, 0.05) is 30.8 Å². The Labute approximate surface area is 156 Å². The molecule has 0 aromatic carbocycles. The van der Waals surface area contributed by atoms with Gasteiger partial charge in [0.25, 0.3) is 0 Å². The van der Waals surface area contributed by atoms with Crippen molar-refractivity contribution in [1.29, 1.82) is 0 Å². The van der Waals surface area contributed by atoms with Crippen LogP contribution in [0.4, 0.5) is 13.2 Å².